The van der Waals surface area contributed by atoms with Crippen LogP contribution in [0.1, 0.15) is 79.3 Å². The van der Waals surface area contributed by atoms with Crippen LogP contribution < -0.4 is 0 Å². The number of hydrogen-bond donors (Lipinski definition) is 4. The minimum Gasteiger partial charge on any atom is -0.508 e. The van der Waals surface area contributed by atoms with Crippen LogP contribution in [-0.4, -0.2) is 20.4 Å². The second-order valence-corrected chi connectivity index (χ2v) is 11.0. The molecular weight excluding hydrogens is 496 g/mol. The van der Waals surface area contributed by atoms with Crippen molar-refractivity contribution in [2.24, 2.45) is 0 Å². The van der Waals surface area contributed by atoms with Crippen LogP contribution >= 0.6 is 0 Å². The number of benzene rings is 4. The molecule has 0 radical (unpaired) electrons. The van der Waals surface area contributed by atoms with Gasteiger partial charge in [-0.2, -0.15) is 0 Å². The highest BCUT2D eigenvalue weighted by Crippen LogP contribution is 2.46. The quantitative estimate of drug-likeness (QED) is 0.153. The first kappa shape index (κ1) is 28.8. The Bertz CT molecular complexity index is 1380. The Morgan fingerprint density at radius 1 is 0.625 bits per heavy atom. The van der Waals surface area contributed by atoms with E-state index in [4.69, 9.17) is 0 Å². The predicted molar refractivity (Wildman–Crippen MR) is 163 cm³/mol. The van der Waals surface area contributed by atoms with Gasteiger partial charge in [-0.15, -0.1) is 0 Å². The summed E-state index contributed by atoms with van der Waals surface area (Å²) in [6.45, 7) is 8.22. The summed E-state index contributed by atoms with van der Waals surface area (Å²) >= 11 is 0. The minimum absolute atomic E-state index is 0.208. The van der Waals surface area contributed by atoms with Crippen molar-refractivity contribution in [3.63, 3.8) is 0 Å². The molecule has 0 aliphatic carbocycles. The van der Waals surface area contributed by atoms with E-state index >= 15 is 0 Å². The maximum Gasteiger partial charge on any atom is 0.118 e. The van der Waals surface area contributed by atoms with Gasteiger partial charge in [0.15, 0.2) is 0 Å². The lowest BCUT2D eigenvalue weighted by atomic mass is 9.66. The molecule has 0 atom stereocenters. The fourth-order valence-electron chi connectivity index (χ4n) is 5.79. The lowest BCUT2D eigenvalue weighted by molar-refractivity contribution is 0.434. The van der Waals surface area contributed by atoms with Gasteiger partial charge < -0.3 is 20.4 Å². The summed E-state index contributed by atoms with van der Waals surface area (Å²) in [5, 5.41) is 40.8. The molecule has 0 amide bonds. The molecule has 0 fully saturated rings. The van der Waals surface area contributed by atoms with Gasteiger partial charge in [0.1, 0.15) is 23.0 Å². The lowest BCUT2D eigenvalue weighted by Crippen LogP contribution is -2.29. The van der Waals surface area contributed by atoms with Crippen molar-refractivity contribution in [1.82, 2.24) is 0 Å². The predicted octanol–water partition coefficient (Wildman–Crippen LogP) is 8.90. The van der Waals surface area contributed by atoms with Gasteiger partial charge in [0.25, 0.3) is 0 Å². The van der Waals surface area contributed by atoms with Gasteiger partial charge in [0.05, 0.1) is 0 Å². The van der Waals surface area contributed by atoms with Gasteiger partial charge in [-0.25, -0.2) is 0 Å². The molecule has 0 aliphatic heterocycles. The number of unbranched alkanes of at least 4 members (excludes halogenated alkanes) is 2. The van der Waals surface area contributed by atoms with Crippen LogP contribution in [0.2, 0.25) is 0 Å². The van der Waals surface area contributed by atoms with Gasteiger partial charge in [-0.3, -0.25) is 0 Å². The number of aromatic hydroxyl groups is 4. The Morgan fingerprint density at radius 3 is 1.48 bits per heavy atom. The van der Waals surface area contributed by atoms with E-state index in [9.17, 15) is 20.4 Å². The zero-order valence-corrected chi connectivity index (χ0v) is 23.9. The van der Waals surface area contributed by atoms with Crippen LogP contribution in [0.3, 0.4) is 0 Å². The molecule has 4 N–H and O–H groups in total. The van der Waals surface area contributed by atoms with Crippen molar-refractivity contribution in [2.45, 2.75) is 65.2 Å². The van der Waals surface area contributed by atoms with Crippen LogP contribution in [0.5, 0.6) is 23.0 Å². The summed E-state index contributed by atoms with van der Waals surface area (Å²) < 4.78 is 0. The topological polar surface area (TPSA) is 80.9 Å². The zero-order valence-electron chi connectivity index (χ0n) is 23.9. The highest BCUT2D eigenvalue weighted by atomic mass is 16.3. The van der Waals surface area contributed by atoms with Gasteiger partial charge in [-0.1, -0.05) is 80.3 Å². The fraction of sp³-hybridized carbons (Fsp3) is 0.278. The molecule has 208 valence electrons. The highest BCUT2D eigenvalue weighted by Gasteiger charge is 2.35. The molecular formula is C36H40O4. The maximum absolute atomic E-state index is 10.4. The summed E-state index contributed by atoms with van der Waals surface area (Å²) in [6.07, 6.45) is 4.81. The van der Waals surface area contributed by atoms with Crippen molar-refractivity contribution < 1.29 is 20.4 Å². The molecule has 0 saturated carbocycles. The van der Waals surface area contributed by atoms with Crippen molar-refractivity contribution in [2.75, 3.05) is 0 Å². The average Bonchev–Trinajstić information content (AvgIpc) is 2.93. The van der Waals surface area contributed by atoms with E-state index in [2.05, 4.69) is 26.0 Å². The van der Waals surface area contributed by atoms with E-state index in [0.29, 0.717) is 6.42 Å². The number of allylic oxidation sites excluding steroid dienone is 1. The first-order chi connectivity index (χ1) is 19.1. The van der Waals surface area contributed by atoms with Crippen LogP contribution in [0.15, 0.2) is 90.5 Å². The Labute approximate surface area is 237 Å². The second kappa shape index (κ2) is 12.3. The standard InChI is InChI=1S/C36H40O4/c1-5-6-7-20-36(29-12-18-33(39)24(2)21-29,30-13-19-34(40)25(3)22-30)23-26(4)35(27-8-14-31(37)15-9-27)28-10-16-32(38)17-11-28/h8-19,21-22,37-40H,5-7,20,23H2,1-4H3. The first-order valence-corrected chi connectivity index (χ1v) is 14.0. The number of rotatable bonds is 10. The van der Waals surface area contributed by atoms with E-state index in [1.807, 2.05) is 50.2 Å². The summed E-state index contributed by atoms with van der Waals surface area (Å²) in [5.74, 6) is 0.961. The van der Waals surface area contributed by atoms with Crippen LogP contribution in [-0.2, 0) is 5.41 Å². The summed E-state index contributed by atoms with van der Waals surface area (Å²) in [4.78, 5) is 0. The van der Waals surface area contributed by atoms with Crippen LogP contribution in [0.25, 0.3) is 5.57 Å². The van der Waals surface area contributed by atoms with E-state index in [1.165, 1.54) is 0 Å². The smallest absolute Gasteiger partial charge is 0.118 e. The molecule has 0 unspecified atom stereocenters. The summed E-state index contributed by atoms with van der Waals surface area (Å²) in [6, 6.07) is 26.3. The third kappa shape index (κ3) is 6.17. The monoisotopic (exact) mass is 536 g/mol. The molecule has 0 saturated heterocycles. The fourth-order valence-corrected chi connectivity index (χ4v) is 5.79. The normalized spacial score (nSPS) is 11.4. The van der Waals surface area contributed by atoms with Gasteiger partial charge in [0, 0.05) is 5.41 Å². The van der Waals surface area contributed by atoms with Crippen molar-refractivity contribution in [3.05, 3.63) is 124 Å². The third-order valence-corrected chi connectivity index (χ3v) is 8.01. The Hall–Kier alpha value is -4.18. The molecule has 4 aromatic carbocycles. The number of hydrogen-bond acceptors (Lipinski definition) is 4. The Balaban J connectivity index is 2.00. The molecule has 4 rings (SSSR count). The summed E-state index contributed by atoms with van der Waals surface area (Å²) in [7, 11) is 0. The maximum atomic E-state index is 10.4. The molecule has 4 heteroatoms. The molecule has 0 heterocycles. The van der Waals surface area contributed by atoms with Gasteiger partial charge in [0.2, 0.25) is 0 Å². The SMILES string of the molecule is CCCCCC(CC(C)=C(c1ccc(O)cc1)c1ccc(O)cc1)(c1ccc(O)c(C)c1)c1ccc(O)c(C)c1. The average molecular weight is 537 g/mol. The van der Waals surface area contributed by atoms with Crippen LogP contribution in [0.4, 0.5) is 0 Å². The molecule has 0 aliphatic rings. The number of aryl methyl sites for hydroxylation is 2. The molecule has 40 heavy (non-hydrogen) atoms. The molecule has 0 aromatic heterocycles. The van der Waals surface area contributed by atoms with E-state index in [0.717, 1.165) is 70.2 Å². The number of phenolic OH excluding ortho intramolecular Hbond substituents is 4. The second-order valence-electron chi connectivity index (χ2n) is 11.0. The molecule has 4 aromatic rings. The minimum atomic E-state index is -0.421. The van der Waals surface area contributed by atoms with E-state index in [1.54, 1.807) is 36.4 Å². The van der Waals surface area contributed by atoms with Crippen molar-refractivity contribution in [1.29, 1.82) is 0 Å². The zero-order chi connectivity index (χ0) is 28.9. The highest BCUT2D eigenvalue weighted by molar-refractivity contribution is 5.82. The Morgan fingerprint density at radius 2 is 1.07 bits per heavy atom. The Kier molecular flexibility index (Phi) is 8.89. The summed E-state index contributed by atoms with van der Waals surface area (Å²) in [5.41, 5.74) is 7.64. The number of phenols is 4. The lowest BCUT2D eigenvalue weighted by Gasteiger charge is -2.37. The van der Waals surface area contributed by atoms with Crippen molar-refractivity contribution >= 4 is 5.57 Å². The molecule has 0 bridgehead atoms. The van der Waals surface area contributed by atoms with Crippen LogP contribution in [0, 0.1) is 13.8 Å². The van der Waals surface area contributed by atoms with Gasteiger partial charge in [-0.05, 0) is 109 Å². The van der Waals surface area contributed by atoms with Crippen molar-refractivity contribution in [3.8, 4) is 23.0 Å². The third-order valence-electron chi connectivity index (χ3n) is 8.01. The largest absolute Gasteiger partial charge is 0.508 e. The molecule has 4 nitrogen and oxygen atoms in total. The first-order valence-electron chi connectivity index (χ1n) is 14.0. The van der Waals surface area contributed by atoms with Gasteiger partial charge >= 0.3 is 0 Å². The van der Waals surface area contributed by atoms with E-state index < -0.39 is 5.41 Å². The molecule has 0 spiro atoms. The van der Waals surface area contributed by atoms with E-state index in [-0.39, 0.29) is 23.0 Å².